The molecule has 0 radical (unpaired) electrons. The van der Waals surface area contributed by atoms with Gasteiger partial charge in [-0.1, -0.05) is 0 Å². The summed E-state index contributed by atoms with van der Waals surface area (Å²) in [5.41, 5.74) is 0.293. The zero-order valence-electron chi connectivity index (χ0n) is 8.62. The zero-order chi connectivity index (χ0) is 10.7. The fourth-order valence-corrected chi connectivity index (χ4v) is 1.19. The van der Waals surface area contributed by atoms with Crippen LogP contribution in [-0.4, -0.2) is 11.2 Å². The van der Waals surface area contributed by atoms with Crippen LogP contribution >= 0.6 is 0 Å². The maximum atomic E-state index is 13.3. The molecule has 0 aromatic heterocycles. The van der Waals surface area contributed by atoms with E-state index in [4.69, 9.17) is 4.74 Å². The molecular weight excluding hydrogens is 183 g/mol. The molecule has 0 saturated heterocycles. The summed E-state index contributed by atoms with van der Waals surface area (Å²) in [6.07, 6.45) is -0.769. The molecular formula is C11H15FO2. The molecule has 3 heteroatoms. The second-order valence-corrected chi connectivity index (χ2v) is 3.53. The Morgan fingerprint density at radius 1 is 1.29 bits per heavy atom. The van der Waals surface area contributed by atoms with Gasteiger partial charge in [0.05, 0.1) is 12.2 Å². The van der Waals surface area contributed by atoms with Gasteiger partial charge in [0.15, 0.2) is 0 Å². The van der Waals surface area contributed by atoms with Crippen molar-refractivity contribution in [2.45, 2.75) is 33.0 Å². The van der Waals surface area contributed by atoms with Crippen molar-refractivity contribution in [2.24, 2.45) is 0 Å². The molecule has 0 bridgehead atoms. The molecule has 0 saturated carbocycles. The highest BCUT2D eigenvalue weighted by Gasteiger charge is 2.09. The lowest BCUT2D eigenvalue weighted by Crippen LogP contribution is -2.06. The minimum Gasteiger partial charge on any atom is -0.491 e. The molecule has 0 amide bonds. The van der Waals surface area contributed by atoms with E-state index in [1.54, 1.807) is 6.07 Å². The first-order valence-corrected chi connectivity index (χ1v) is 4.65. The van der Waals surface area contributed by atoms with Crippen LogP contribution in [0.25, 0.3) is 0 Å². The number of aliphatic hydroxyl groups is 1. The van der Waals surface area contributed by atoms with Gasteiger partial charge in [-0.3, -0.25) is 0 Å². The van der Waals surface area contributed by atoms with Gasteiger partial charge in [-0.25, -0.2) is 4.39 Å². The first-order valence-electron chi connectivity index (χ1n) is 4.65. The van der Waals surface area contributed by atoms with Crippen LogP contribution in [0, 0.1) is 5.82 Å². The van der Waals surface area contributed by atoms with E-state index in [9.17, 15) is 9.50 Å². The highest BCUT2D eigenvalue weighted by Crippen LogP contribution is 2.22. The summed E-state index contributed by atoms with van der Waals surface area (Å²) >= 11 is 0. The Labute approximate surface area is 83.3 Å². The van der Waals surface area contributed by atoms with Crippen LogP contribution in [-0.2, 0) is 0 Å². The Morgan fingerprint density at radius 3 is 2.36 bits per heavy atom. The van der Waals surface area contributed by atoms with Crippen LogP contribution in [0.3, 0.4) is 0 Å². The normalized spacial score (nSPS) is 13.0. The lowest BCUT2D eigenvalue weighted by Gasteiger charge is -2.11. The van der Waals surface area contributed by atoms with E-state index in [1.165, 1.54) is 19.1 Å². The van der Waals surface area contributed by atoms with Crippen LogP contribution in [0.15, 0.2) is 18.2 Å². The van der Waals surface area contributed by atoms with Crippen molar-refractivity contribution >= 4 is 0 Å². The third-order valence-corrected chi connectivity index (χ3v) is 1.79. The average molecular weight is 198 g/mol. The highest BCUT2D eigenvalue weighted by molar-refractivity contribution is 5.30. The monoisotopic (exact) mass is 198 g/mol. The van der Waals surface area contributed by atoms with Crippen LogP contribution in [0.4, 0.5) is 4.39 Å². The fourth-order valence-electron chi connectivity index (χ4n) is 1.19. The summed E-state index contributed by atoms with van der Waals surface area (Å²) in [7, 11) is 0. The summed E-state index contributed by atoms with van der Waals surface area (Å²) in [4.78, 5) is 0. The molecule has 0 aliphatic carbocycles. The van der Waals surface area contributed by atoms with Crippen LogP contribution in [0.2, 0.25) is 0 Å². The SMILES string of the molecule is CC(C)Oc1ccc(C(C)O)c(F)c1. The summed E-state index contributed by atoms with van der Waals surface area (Å²) in [5, 5.41) is 9.20. The number of ether oxygens (including phenoxy) is 1. The third kappa shape index (κ3) is 2.70. The van der Waals surface area contributed by atoms with E-state index in [2.05, 4.69) is 0 Å². The van der Waals surface area contributed by atoms with Gasteiger partial charge in [0.1, 0.15) is 11.6 Å². The van der Waals surface area contributed by atoms with Gasteiger partial charge < -0.3 is 9.84 Å². The number of halogens is 1. The maximum absolute atomic E-state index is 13.3. The van der Waals surface area contributed by atoms with E-state index in [0.29, 0.717) is 11.3 Å². The number of hydrogen-bond donors (Lipinski definition) is 1. The second-order valence-electron chi connectivity index (χ2n) is 3.53. The molecule has 0 aliphatic rings. The molecule has 2 nitrogen and oxygen atoms in total. The largest absolute Gasteiger partial charge is 0.491 e. The van der Waals surface area contributed by atoms with Crippen molar-refractivity contribution in [2.75, 3.05) is 0 Å². The van der Waals surface area contributed by atoms with E-state index in [0.717, 1.165) is 0 Å². The van der Waals surface area contributed by atoms with Crippen molar-refractivity contribution in [3.63, 3.8) is 0 Å². The summed E-state index contributed by atoms with van der Waals surface area (Å²) < 4.78 is 18.6. The molecule has 1 aromatic rings. The van der Waals surface area contributed by atoms with Crippen molar-refractivity contribution in [3.8, 4) is 5.75 Å². The van der Waals surface area contributed by atoms with Gasteiger partial charge in [0.2, 0.25) is 0 Å². The number of rotatable bonds is 3. The van der Waals surface area contributed by atoms with E-state index < -0.39 is 11.9 Å². The first kappa shape index (κ1) is 11.0. The van der Waals surface area contributed by atoms with Gasteiger partial charge in [-0.15, -0.1) is 0 Å². The van der Waals surface area contributed by atoms with Crippen molar-refractivity contribution in [3.05, 3.63) is 29.6 Å². The summed E-state index contributed by atoms with van der Waals surface area (Å²) in [5.74, 6) is 0.0556. The number of benzene rings is 1. The molecule has 0 aliphatic heterocycles. The smallest absolute Gasteiger partial charge is 0.132 e. The Balaban J connectivity index is 2.89. The van der Waals surface area contributed by atoms with Gasteiger partial charge >= 0.3 is 0 Å². The zero-order valence-corrected chi connectivity index (χ0v) is 8.62. The molecule has 0 heterocycles. The minimum absolute atomic E-state index is 0.0202. The summed E-state index contributed by atoms with van der Waals surface area (Å²) in [6.45, 7) is 5.28. The number of aliphatic hydroxyl groups excluding tert-OH is 1. The maximum Gasteiger partial charge on any atom is 0.132 e. The van der Waals surface area contributed by atoms with Gasteiger partial charge in [-0.05, 0) is 32.9 Å². The molecule has 1 N–H and O–H groups in total. The van der Waals surface area contributed by atoms with E-state index >= 15 is 0 Å². The molecule has 1 aromatic carbocycles. The predicted octanol–water partition coefficient (Wildman–Crippen LogP) is 2.67. The van der Waals surface area contributed by atoms with Crippen molar-refractivity contribution in [1.29, 1.82) is 0 Å². The average Bonchev–Trinajstić information content (AvgIpc) is 2.01. The predicted molar refractivity (Wildman–Crippen MR) is 52.8 cm³/mol. The van der Waals surface area contributed by atoms with Crippen molar-refractivity contribution < 1.29 is 14.2 Å². The Hall–Kier alpha value is -1.09. The van der Waals surface area contributed by atoms with E-state index in [-0.39, 0.29) is 6.10 Å². The summed E-state index contributed by atoms with van der Waals surface area (Å²) in [6, 6.07) is 4.49. The van der Waals surface area contributed by atoms with Gasteiger partial charge in [0, 0.05) is 11.6 Å². The quantitative estimate of drug-likeness (QED) is 0.809. The molecule has 1 atom stereocenters. The lowest BCUT2D eigenvalue weighted by atomic mass is 10.1. The molecule has 1 rings (SSSR count). The van der Waals surface area contributed by atoms with Gasteiger partial charge in [-0.2, -0.15) is 0 Å². The Kier molecular flexibility index (Phi) is 3.47. The Morgan fingerprint density at radius 2 is 1.93 bits per heavy atom. The van der Waals surface area contributed by atoms with Crippen LogP contribution < -0.4 is 4.74 Å². The molecule has 78 valence electrons. The van der Waals surface area contributed by atoms with Crippen LogP contribution in [0.1, 0.15) is 32.4 Å². The highest BCUT2D eigenvalue weighted by atomic mass is 19.1. The van der Waals surface area contributed by atoms with E-state index in [1.807, 2.05) is 13.8 Å². The standard InChI is InChI=1S/C11H15FO2/c1-7(2)14-9-4-5-10(8(3)13)11(12)6-9/h4-8,13H,1-3H3. The lowest BCUT2D eigenvalue weighted by molar-refractivity contribution is 0.193. The molecule has 14 heavy (non-hydrogen) atoms. The Bertz CT molecular complexity index is 308. The third-order valence-electron chi connectivity index (χ3n) is 1.79. The van der Waals surface area contributed by atoms with Gasteiger partial charge in [0.25, 0.3) is 0 Å². The topological polar surface area (TPSA) is 29.5 Å². The second kappa shape index (κ2) is 4.42. The first-order chi connectivity index (χ1) is 6.50. The molecule has 0 fully saturated rings. The molecule has 1 unspecified atom stereocenters. The molecule has 0 spiro atoms. The van der Waals surface area contributed by atoms with Crippen molar-refractivity contribution in [1.82, 2.24) is 0 Å². The fraction of sp³-hybridized carbons (Fsp3) is 0.455. The van der Waals surface area contributed by atoms with Crippen LogP contribution in [0.5, 0.6) is 5.75 Å². The minimum atomic E-state index is -0.789. The number of hydrogen-bond acceptors (Lipinski definition) is 2.